The number of amides is 2. The minimum absolute atomic E-state index is 0.405. The molecule has 0 radical (unpaired) electrons. The van der Waals surface area contributed by atoms with Crippen LogP contribution in [0.2, 0.25) is 0 Å². The molecule has 0 bridgehead atoms. The molecule has 1 aromatic rings. The maximum atomic E-state index is 11.1. The largest absolute Gasteiger partial charge is 0.337 e. The van der Waals surface area contributed by atoms with Crippen molar-refractivity contribution < 1.29 is 9.59 Å². The third-order valence-electron chi connectivity index (χ3n) is 1.59. The molecule has 2 rings (SSSR count). The van der Waals surface area contributed by atoms with Gasteiger partial charge in [0.25, 0.3) is 0 Å². The average Bonchev–Trinajstić information content (AvgIpc) is 2.49. The molecule has 1 aliphatic rings. The normalized spacial score (nSPS) is 15.5. The highest BCUT2D eigenvalue weighted by Gasteiger charge is 2.27. The van der Waals surface area contributed by atoms with Gasteiger partial charge < -0.3 is 0 Å². The number of hydrogen-bond donors (Lipinski definition) is 0. The molecular formula is C8H5N3O2. The van der Waals surface area contributed by atoms with Crippen molar-refractivity contribution in [3.63, 3.8) is 0 Å². The van der Waals surface area contributed by atoms with Crippen LogP contribution in [0.3, 0.4) is 0 Å². The van der Waals surface area contributed by atoms with Crippen molar-refractivity contribution in [2.45, 2.75) is 0 Å². The van der Waals surface area contributed by atoms with Crippen LogP contribution < -0.4 is 4.90 Å². The third-order valence-corrected chi connectivity index (χ3v) is 1.59. The molecule has 5 nitrogen and oxygen atoms in total. The molecule has 0 N–H and O–H groups in total. The van der Waals surface area contributed by atoms with Crippen molar-refractivity contribution in [3.05, 3.63) is 24.4 Å². The van der Waals surface area contributed by atoms with E-state index in [0.29, 0.717) is 5.82 Å². The zero-order chi connectivity index (χ0) is 9.26. The highest BCUT2D eigenvalue weighted by atomic mass is 16.2. The van der Waals surface area contributed by atoms with Gasteiger partial charge in [-0.05, 0) is 12.1 Å². The van der Waals surface area contributed by atoms with Gasteiger partial charge in [-0.3, -0.25) is 9.59 Å². The lowest BCUT2D eigenvalue weighted by molar-refractivity contribution is -0.134. The zero-order valence-electron chi connectivity index (χ0n) is 6.54. The van der Waals surface area contributed by atoms with Crippen molar-refractivity contribution >= 4 is 24.0 Å². The van der Waals surface area contributed by atoms with E-state index in [-0.39, 0.29) is 0 Å². The lowest BCUT2D eigenvalue weighted by Crippen LogP contribution is -2.28. The molecule has 0 saturated heterocycles. The van der Waals surface area contributed by atoms with Crippen LogP contribution in [0.5, 0.6) is 0 Å². The van der Waals surface area contributed by atoms with Gasteiger partial charge in [-0.15, -0.1) is 0 Å². The van der Waals surface area contributed by atoms with E-state index in [4.69, 9.17) is 0 Å². The Bertz CT molecular complexity index is 386. The number of nitrogens with zero attached hydrogens (tertiary/aromatic N) is 3. The molecule has 0 atom stereocenters. The van der Waals surface area contributed by atoms with Gasteiger partial charge in [0.1, 0.15) is 12.2 Å². The number of anilines is 1. The molecule has 0 aliphatic carbocycles. The Morgan fingerprint density at radius 2 is 2.08 bits per heavy atom. The number of aliphatic imine (C=N–C) groups is 1. The van der Waals surface area contributed by atoms with E-state index in [1.165, 1.54) is 6.34 Å². The molecule has 0 unspecified atom stereocenters. The van der Waals surface area contributed by atoms with Gasteiger partial charge in [0, 0.05) is 6.20 Å². The van der Waals surface area contributed by atoms with Gasteiger partial charge in [-0.2, -0.15) is 4.99 Å². The second kappa shape index (κ2) is 2.78. The second-order valence-electron chi connectivity index (χ2n) is 2.41. The van der Waals surface area contributed by atoms with Gasteiger partial charge >= 0.3 is 11.8 Å². The van der Waals surface area contributed by atoms with Crippen molar-refractivity contribution in [2.24, 2.45) is 4.99 Å². The van der Waals surface area contributed by atoms with Crippen LogP contribution in [0.15, 0.2) is 29.4 Å². The summed E-state index contributed by atoms with van der Waals surface area (Å²) in [5.41, 5.74) is 0. The van der Waals surface area contributed by atoms with Crippen LogP contribution in [-0.2, 0) is 9.59 Å². The van der Waals surface area contributed by atoms with Crippen LogP contribution >= 0.6 is 0 Å². The number of carbonyl (C=O) groups is 2. The molecule has 2 amide bonds. The van der Waals surface area contributed by atoms with E-state index in [1.807, 2.05) is 0 Å². The Hall–Kier alpha value is -2.04. The van der Waals surface area contributed by atoms with Crippen LogP contribution in [0, 0.1) is 0 Å². The van der Waals surface area contributed by atoms with Crippen LogP contribution in [0.25, 0.3) is 0 Å². The lowest BCUT2D eigenvalue weighted by atomic mass is 10.4. The van der Waals surface area contributed by atoms with Crippen LogP contribution in [0.4, 0.5) is 5.82 Å². The fraction of sp³-hybridized carbons (Fsp3) is 0. The Morgan fingerprint density at radius 1 is 1.23 bits per heavy atom. The molecule has 0 spiro atoms. The first-order valence-electron chi connectivity index (χ1n) is 3.62. The Morgan fingerprint density at radius 3 is 2.62 bits per heavy atom. The lowest BCUT2D eigenvalue weighted by Gasteiger charge is -2.07. The predicted octanol–water partition coefficient (Wildman–Crippen LogP) is -0.0169. The van der Waals surface area contributed by atoms with Crippen molar-refractivity contribution in [2.75, 3.05) is 4.90 Å². The zero-order valence-corrected chi connectivity index (χ0v) is 6.54. The SMILES string of the molecule is O=C1N=CN(c2ccccn2)C1=O. The Balaban J connectivity index is 2.35. The molecule has 2 heterocycles. The molecule has 1 aromatic heterocycles. The second-order valence-corrected chi connectivity index (χ2v) is 2.41. The summed E-state index contributed by atoms with van der Waals surface area (Å²) >= 11 is 0. The maximum absolute atomic E-state index is 11.1. The standard InChI is InChI=1S/C8H5N3O2/c12-7-8(13)11(5-10-7)6-3-1-2-4-9-6/h1-5H. The molecule has 0 saturated carbocycles. The molecule has 5 heteroatoms. The topological polar surface area (TPSA) is 62.6 Å². The number of hydrogen-bond acceptors (Lipinski definition) is 3. The Labute approximate surface area is 73.7 Å². The smallest absolute Gasteiger partial charge is 0.262 e. The quantitative estimate of drug-likeness (QED) is 0.563. The summed E-state index contributed by atoms with van der Waals surface area (Å²) in [5.74, 6) is -1.02. The van der Waals surface area contributed by atoms with E-state index in [9.17, 15) is 9.59 Å². The minimum atomic E-state index is -0.759. The van der Waals surface area contributed by atoms with Crippen molar-refractivity contribution in [1.82, 2.24) is 4.98 Å². The summed E-state index contributed by atoms with van der Waals surface area (Å²) in [7, 11) is 0. The summed E-state index contributed by atoms with van der Waals surface area (Å²) in [5, 5.41) is 0. The molecule has 13 heavy (non-hydrogen) atoms. The predicted molar refractivity (Wildman–Crippen MR) is 45.2 cm³/mol. The van der Waals surface area contributed by atoms with Gasteiger partial charge in [0.05, 0.1) is 0 Å². The highest BCUT2D eigenvalue weighted by Crippen LogP contribution is 2.10. The first-order chi connectivity index (χ1) is 6.29. The maximum Gasteiger partial charge on any atom is 0.337 e. The van der Waals surface area contributed by atoms with E-state index in [2.05, 4.69) is 9.98 Å². The molecule has 64 valence electrons. The monoisotopic (exact) mass is 175 g/mol. The average molecular weight is 175 g/mol. The Kier molecular flexibility index (Phi) is 1.63. The van der Waals surface area contributed by atoms with Crippen molar-refractivity contribution in [1.29, 1.82) is 0 Å². The third kappa shape index (κ3) is 1.20. The van der Waals surface area contributed by atoms with Crippen LogP contribution in [0.1, 0.15) is 0 Å². The van der Waals surface area contributed by atoms with E-state index >= 15 is 0 Å². The van der Waals surface area contributed by atoms with E-state index < -0.39 is 11.8 Å². The van der Waals surface area contributed by atoms with E-state index in [0.717, 1.165) is 4.90 Å². The summed E-state index contributed by atoms with van der Waals surface area (Å²) in [4.78, 5) is 30.2. The van der Waals surface area contributed by atoms with Gasteiger partial charge in [0.15, 0.2) is 0 Å². The fourth-order valence-corrected chi connectivity index (χ4v) is 0.980. The molecular weight excluding hydrogens is 170 g/mol. The highest BCUT2D eigenvalue weighted by molar-refractivity contribution is 6.49. The first kappa shape index (κ1) is 7.60. The molecule has 0 aromatic carbocycles. The summed E-state index contributed by atoms with van der Waals surface area (Å²) in [6, 6.07) is 5.08. The molecule has 0 fully saturated rings. The van der Waals surface area contributed by atoms with Gasteiger partial charge in [-0.25, -0.2) is 9.88 Å². The van der Waals surface area contributed by atoms with Crippen LogP contribution in [-0.4, -0.2) is 23.1 Å². The molecule has 1 aliphatic heterocycles. The number of aromatic nitrogens is 1. The summed E-state index contributed by atoms with van der Waals surface area (Å²) in [6.07, 6.45) is 2.71. The number of pyridine rings is 1. The van der Waals surface area contributed by atoms with Crippen molar-refractivity contribution in [3.8, 4) is 0 Å². The van der Waals surface area contributed by atoms with E-state index in [1.54, 1.807) is 24.4 Å². The van der Waals surface area contributed by atoms with Gasteiger partial charge in [0.2, 0.25) is 0 Å². The fourth-order valence-electron chi connectivity index (χ4n) is 0.980. The minimum Gasteiger partial charge on any atom is -0.262 e. The summed E-state index contributed by atoms with van der Waals surface area (Å²) in [6.45, 7) is 0. The van der Waals surface area contributed by atoms with Gasteiger partial charge in [-0.1, -0.05) is 6.07 Å². The number of carbonyl (C=O) groups excluding carboxylic acids is 2. The number of rotatable bonds is 1. The summed E-state index contributed by atoms with van der Waals surface area (Å²) < 4.78 is 0. The first-order valence-corrected chi connectivity index (χ1v) is 3.62.